The van der Waals surface area contributed by atoms with Crippen LogP contribution in [0.5, 0.6) is 0 Å². The van der Waals surface area contributed by atoms with Crippen molar-refractivity contribution in [1.82, 2.24) is 4.90 Å². The predicted octanol–water partition coefficient (Wildman–Crippen LogP) is 1.74. The molecular weight excluding hydrogens is 242 g/mol. The van der Waals surface area contributed by atoms with Crippen LogP contribution in [0.2, 0.25) is 0 Å². The molecule has 1 heterocycles. The Morgan fingerprint density at radius 1 is 1.37 bits per heavy atom. The number of benzene rings is 1. The van der Waals surface area contributed by atoms with Gasteiger partial charge in [0.1, 0.15) is 6.04 Å². The summed E-state index contributed by atoms with van der Waals surface area (Å²) < 4.78 is 4.71. The minimum atomic E-state index is -0.538. The van der Waals surface area contributed by atoms with Crippen molar-refractivity contribution in [3.8, 4) is 0 Å². The van der Waals surface area contributed by atoms with Crippen LogP contribution in [0.4, 0.5) is 0 Å². The van der Waals surface area contributed by atoms with Crippen molar-refractivity contribution in [2.24, 2.45) is 0 Å². The Bertz CT molecular complexity index is 485. The molecule has 1 amide bonds. The largest absolute Gasteiger partial charge is 0.467 e. The van der Waals surface area contributed by atoms with Gasteiger partial charge in [-0.1, -0.05) is 30.3 Å². The molecule has 0 radical (unpaired) electrons. The molecule has 1 fully saturated rings. The minimum Gasteiger partial charge on any atom is -0.467 e. The molecule has 2 rings (SSSR count). The smallest absolute Gasteiger partial charge is 0.328 e. The van der Waals surface area contributed by atoms with Gasteiger partial charge in [-0.3, -0.25) is 4.79 Å². The molecule has 0 spiro atoms. The highest BCUT2D eigenvalue weighted by atomic mass is 16.5. The van der Waals surface area contributed by atoms with Crippen LogP contribution in [0.25, 0.3) is 0 Å². The number of amides is 1. The molecule has 1 aliphatic heterocycles. The molecule has 0 aliphatic carbocycles. The van der Waals surface area contributed by atoms with E-state index < -0.39 is 11.5 Å². The summed E-state index contributed by atoms with van der Waals surface area (Å²) in [6.07, 6.45) is 0.719. The van der Waals surface area contributed by atoms with Gasteiger partial charge in [-0.15, -0.1) is 0 Å². The van der Waals surface area contributed by atoms with Crippen LogP contribution in [-0.4, -0.2) is 36.5 Å². The highest BCUT2D eigenvalue weighted by Crippen LogP contribution is 2.36. The van der Waals surface area contributed by atoms with Crippen LogP contribution in [0.1, 0.15) is 25.8 Å². The van der Waals surface area contributed by atoms with E-state index in [-0.39, 0.29) is 11.9 Å². The molecule has 2 atom stereocenters. The molecule has 0 saturated carbocycles. The van der Waals surface area contributed by atoms with Crippen molar-refractivity contribution in [2.75, 3.05) is 13.7 Å². The van der Waals surface area contributed by atoms with Crippen molar-refractivity contribution in [3.63, 3.8) is 0 Å². The molecule has 4 nitrogen and oxygen atoms in total. The monoisotopic (exact) mass is 261 g/mol. The number of carbonyl (C=O) groups is 2. The first-order valence-electron chi connectivity index (χ1n) is 6.45. The van der Waals surface area contributed by atoms with Gasteiger partial charge < -0.3 is 9.64 Å². The Balaban J connectivity index is 2.25. The zero-order chi connectivity index (χ0) is 14.0. The van der Waals surface area contributed by atoms with E-state index in [0.717, 1.165) is 12.0 Å². The molecule has 1 saturated heterocycles. The molecule has 4 heteroatoms. The normalized spacial score (nSPS) is 24.4. The van der Waals surface area contributed by atoms with Gasteiger partial charge >= 0.3 is 5.97 Å². The molecule has 0 bridgehead atoms. The lowest BCUT2D eigenvalue weighted by atomic mass is 9.81. The summed E-state index contributed by atoms with van der Waals surface area (Å²) in [5.74, 6) is -0.373. The van der Waals surface area contributed by atoms with E-state index in [4.69, 9.17) is 4.74 Å². The summed E-state index contributed by atoms with van der Waals surface area (Å²) in [7, 11) is 1.34. The Kier molecular flexibility index (Phi) is 3.60. The lowest BCUT2D eigenvalue weighted by molar-refractivity contribution is -0.151. The summed E-state index contributed by atoms with van der Waals surface area (Å²) in [5.41, 5.74) is 0.461. The van der Waals surface area contributed by atoms with Crippen LogP contribution in [-0.2, 0) is 19.7 Å². The first-order valence-corrected chi connectivity index (χ1v) is 6.45. The summed E-state index contributed by atoms with van der Waals surface area (Å²) in [6.45, 7) is 4.23. The molecule has 19 heavy (non-hydrogen) atoms. The number of rotatable bonds is 3. The van der Waals surface area contributed by atoms with E-state index in [1.54, 1.807) is 11.8 Å². The molecule has 1 aromatic rings. The van der Waals surface area contributed by atoms with Crippen molar-refractivity contribution in [2.45, 2.75) is 31.7 Å². The first kappa shape index (κ1) is 13.6. The fraction of sp³-hybridized carbons (Fsp3) is 0.467. The standard InChI is InChI=1S/C15H19NO3/c1-11(13(17)19-3)16-10-9-15(2,14(16)18)12-7-5-4-6-8-12/h4-8,11H,9-10H2,1-3H3/t11-,15?/m1/s1. The molecule has 1 aliphatic rings. The van der Waals surface area contributed by atoms with E-state index in [9.17, 15) is 9.59 Å². The zero-order valence-electron chi connectivity index (χ0n) is 11.6. The Morgan fingerprint density at radius 2 is 2.00 bits per heavy atom. The van der Waals surface area contributed by atoms with Gasteiger partial charge in [0.25, 0.3) is 0 Å². The second-order valence-corrected chi connectivity index (χ2v) is 5.15. The maximum atomic E-state index is 12.6. The zero-order valence-corrected chi connectivity index (χ0v) is 11.6. The van der Waals surface area contributed by atoms with E-state index in [1.807, 2.05) is 37.3 Å². The molecule has 102 valence electrons. The molecule has 1 unspecified atom stereocenters. The van der Waals surface area contributed by atoms with Crippen LogP contribution in [0.3, 0.4) is 0 Å². The van der Waals surface area contributed by atoms with Crippen LogP contribution in [0.15, 0.2) is 30.3 Å². The second kappa shape index (κ2) is 5.03. The number of hydrogen-bond donors (Lipinski definition) is 0. The van der Waals surface area contributed by atoms with Crippen molar-refractivity contribution >= 4 is 11.9 Å². The number of ether oxygens (including phenoxy) is 1. The summed E-state index contributed by atoms with van der Waals surface area (Å²) in [5, 5.41) is 0. The van der Waals surface area contributed by atoms with E-state index in [1.165, 1.54) is 7.11 Å². The molecule has 0 aromatic heterocycles. The van der Waals surface area contributed by atoms with E-state index >= 15 is 0 Å². The third kappa shape index (κ3) is 2.23. The highest BCUT2D eigenvalue weighted by Gasteiger charge is 2.46. The van der Waals surface area contributed by atoms with Crippen LogP contribution in [0, 0.1) is 0 Å². The Labute approximate surface area is 113 Å². The number of esters is 1. The number of hydrogen-bond acceptors (Lipinski definition) is 3. The van der Waals surface area contributed by atoms with Gasteiger partial charge in [0, 0.05) is 6.54 Å². The van der Waals surface area contributed by atoms with E-state index in [0.29, 0.717) is 6.54 Å². The first-order chi connectivity index (χ1) is 9.00. The second-order valence-electron chi connectivity index (χ2n) is 5.15. The average Bonchev–Trinajstić information content (AvgIpc) is 2.76. The SMILES string of the molecule is COC(=O)[C@@H](C)N1CCC(C)(c2ccccc2)C1=O. The lowest BCUT2D eigenvalue weighted by Gasteiger charge is -2.26. The summed E-state index contributed by atoms with van der Waals surface area (Å²) in [4.78, 5) is 25.8. The average molecular weight is 261 g/mol. The number of methoxy groups -OCH3 is 1. The van der Waals surface area contributed by atoms with Crippen molar-refractivity contribution < 1.29 is 14.3 Å². The topological polar surface area (TPSA) is 46.6 Å². The van der Waals surface area contributed by atoms with Crippen LogP contribution < -0.4 is 0 Å². The van der Waals surface area contributed by atoms with Gasteiger partial charge in [0.05, 0.1) is 12.5 Å². The van der Waals surface area contributed by atoms with Crippen LogP contribution >= 0.6 is 0 Å². The quantitative estimate of drug-likeness (QED) is 0.779. The van der Waals surface area contributed by atoms with Gasteiger partial charge in [-0.05, 0) is 25.8 Å². The Morgan fingerprint density at radius 3 is 2.58 bits per heavy atom. The molecule has 1 aromatic carbocycles. The van der Waals surface area contributed by atoms with Gasteiger partial charge in [-0.2, -0.15) is 0 Å². The number of nitrogens with zero attached hydrogens (tertiary/aromatic N) is 1. The number of carbonyl (C=O) groups excluding carboxylic acids is 2. The van der Waals surface area contributed by atoms with Crippen molar-refractivity contribution in [1.29, 1.82) is 0 Å². The molecule has 0 N–H and O–H groups in total. The maximum Gasteiger partial charge on any atom is 0.328 e. The third-order valence-electron chi connectivity index (χ3n) is 4.01. The third-order valence-corrected chi connectivity index (χ3v) is 4.01. The van der Waals surface area contributed by atoms with Gasteiger partial charge in [0.15, 0.2) is 0 Å². The predicted molar refractivity (Wildman–Crippen MR) is 71.6 cm³/mol. The minimum absolute atomic E-state index is 0.00315. The van der Waals surface area contributed by atoms with Gasteiger partial charge in [-0.25, -0.2) is 4.79 Å². The maximum absolute atomic E-state index is 12.6. The summed E-state index contributed by atoms with van der Waals surface area (Å²) in [6, 6.07) is 9.19. The Hall–Kier alpha value is -1.84. The summed E-state index contributed by atoms with van der Waals surface area (Å²) >= 11 is 0. The van der Waals surface area contributed by atoms with Gasteiger partial charge in [0.2, 0.25) is 5.91 Å². The fourth-order valence-electron chi connectivity index (χ4n) is 2.61. The lowest BCUT2D eigenvalue weighted by Crippen LogP contribution is -2.44. The number of likely N-dealkylation sites (tertiary alicyclic amines) is 1. The van der Waals surface area contributed by atoms with E-state index in [2.05, 4.69) is 0 Å². The fourth-order valence-corrected chi connectivity index (χ4v) is 2.61. The van der Waals surface area contributed by atoms with Crippen molar-refractivity contribution in [3.05, 3.63) is 35.9 Å². The highest BCUT2D eigenvalue weighted by molar-refractivity contribution is 5.93. The molecular formula is C15H19NO3.